The molecule has 0 bridgehead atoms. The van der Waals surface area contributed by atoms with Crippen molar-refractivity contribution in [3.05, 3.63) is 59.1 Å². The molecule has 2 aliphatic heterocycles. The molecular formula is C21H23ClN2O3S. The van der Waals surface area contributed by atoms with Gasteiger partial charge in [0.1, 0.15) is 0 Å². The summed E-state index contributed by atoms with van der Waals surface area (Å²) in [6.45, 7) is 2.69. The van der Waals surface area contributed by atoms with Crippen LogP contribution in [0.25, 0.3) is 0 Å². The Balaban J connectivity index is 1.56. The summed E-state index contributed by atoms with van der Waals surface area (Å²) in [6.07, 6.45) is 2.21. The van der Waals surface area contributed by atoms with Crippen LogP contribution in [0.2, 0.25) is 5.02 Å². The summed E-state index contributed by atoms with van der Waals surface area (Å²) in [7, 11) is -3.64. The summed E-state index contributed by atoms with van der Waals surface area (Å²) in [6, 6.07) is 14.2. The summed E-state index contributed by atoms with van der Waals surface area (Å²) in [4.78, 5) is 15.4. The van der Waals surface area contributed by atoms with Crippen molar-refractivity contribution >= 4 is 33.2 Å². The number of benzene rings is 2. The predicted molar refractivity (Wildman–Crippen MR) is 110 cm³/mol. The molecule has 0 radical (unpaired) electrons. The Morgan fingerprint density at radius 2 is 1.82 bits per heavy atom. The number of halogens is 1. The van der Waals surface area contributed by atoms with E-state index in [0.29, 0.717) is 24.4 Å². The molecule has 1 fully saturated rings. The zero-order chi connectivity index (χ0) is 19.9. The second-order valence-electron chi connectivity index (χ2n) is 7.55. The average molecular weight is 419 g/mol. The predicted octanol–water partition coefficient (Wildman–Crippen LogP) is 3.72. The Labute approximate surface area is 171 Å². The van der Waals surface area contributed by atoms with Crippen LogP contribution in [0.3, 0.4) is 0 Å². The fourth-order valence-electron chi connectivity index (χ4n) is 4.22. The van der Waals surface area contributed by atoms with E-state index in [9.17, 15) is 13.2 Å². The maximum Gasteiger partial charge on any atom is 0.243 e. The van der Waals surface area contributed by atoms with Gasteiger partial charge in [0.15, 0.2) is 0 Å². The number of para-hydroxylation sites is 1. The quantitative estimate of drug-likeness (QED) is 0.763. The van der Waals surface area contributed by atoms with E-state index in [1.165, 1.54) is 22.0 Å². The van der Waals surface area contributed by atoms with E-state index in [1.54, 1.807) is 12.1 Å². The molecule has 0 spiro atoms. The molecule has 0 saturated carbocycles. The summed E-state index contributed by atoms with van der Waals surface area (Å²) < 4.78 is 27.5. The average Bonchev–Trinajstić information content (AvgIpc) is 3.03. The van der Waals surface area contributed by atoms with Crippen LogP contribution in [-0.2, 0) is 21.2 Å². The van der Waals surface area contributed by atoms with Gasteiger partial charge >= 0.3 is 0 Å². The normalized spacial score (nSPS) is 22.9. The lowest BCUT2D eigenvalue weighted by Crippen LogP contribution is -2.48. The third-order valence-electron chi connectivity index (χ3n) is 5.63. The van der Waals surface area contributed by atoms with Gasteiger partial charge in [0.05, 0.1) is 10.8 Å². The van der Waals surface area contributed by atoms with Gasteiger partial charge in [-0.15, -0.1) is 0 Å². The number of hydrogen-bond donors (Lipinski definition) is 0. The van der Waals surface area contributed by atoms with Crippen molar-refractivity contribution in [1.29, 1.82) is 0 Å². The van der Waals surface area contributed by atoms with Gasteiger partial charge in [0.2, 0.25) is 15.9 Å². The molecule has 2 aromatic rings. The van der Waals surface area contributed by atoms with E-state index in [-0.39, 0.29) is 29.3 Å². The van der Waals surface area contributed by atoms with Crippen molar-refractivity contribution in [1.82, 2.24) is 4.31 Å². The Morgan fingerprint density at radius 1 is 1.11 bits per heavy atom. The molecule has 5 nitrogen and oxygen atoms in total. The van der Waals surface area contributed by atoms with Crippen molar-refractivity contribution < 1.29 is 13.2 Å². The van der Waals surface area contributed by atoms with Crippen LogP contribution < -0.4 is 4.90 Å². The summed E-state index contributed by atoms with van der Waals surface area (Å²) in [5.74, 6) is -0.308. The van der Waals surface area contributed by atoms with Gasteiger partial charge in [-0.1, -0.05) is 29.8 Å². The minimum absolute atomic E-state index is 0.0217. The first kappa shape index (κ1) is 19.4. The Kier molecular flexibility index (Phi) is 5.21. The van der Waals surface area contributed by atoms with Crippen LogP contribution in [-0.4, -0.2) is 37.8 Å². The summed E-state index contributed by atoms with van der Waals surface area (Å²) in [5.41, 5.74) is 2.13. The Hall–Kier alpha value is -1.89. The van der Waals surface area contributed by atoms with E-state index in [2.05, 4.69) is 6.07 Å². The van der Waals surface area contributed by atoms with Crippen LogP contribution in [0, 0.1) is 5.92 Å². The lowest BCUT2D eigenvalue weighted by Gasteiger charge is -2.34. The number of anilines is 1. The van der Waals surface area contributed by atoms with E-state index in [4.69, 9.17) is 11.6 Å². The molecule has 0 aromatic heterocycles. The number of amides is 1. The van der Waals surface area contributed by atoms with Crippen LogP contribution in [0.15, 0.2) is 53.4 Å². The third-order valence-corrected chi connectivity index (χ3v) is 7.76. The van der Waals surface area contributed by atoms with Crippen molar-refractivity contribution in [3.63, 3.8) is 0 Å². The number of rotatable bonds is 3. The van der Waals surface area contributed by atoms with Gasteiger partial charge in [0.25, 0.3) is 0 Å². The minimum atomic E-state index is -3.64. The van der Waals surface area contributed by atoms with Gasteiger partial charge in [-0.2, -0.15) is 4.31 Å². The first-order valence-electron chi connectivity index (χ1n) is 9.54. The fourth-order valence-corrected chi connectivity index (χ4v) is 5.87. The van der Waals surface area contributed by atoms with E-state index in [0.717, 1.165) is 12.1 Å². The van der Waals surface area contributed by atoms with Crippen molar-refractivity contribution in [2.24, 2.45) is 5.92 Å². The number of hydrogen-bond acceptors (Lipinski definition) is 3. The zero-order valence-electron chi connectivity index (χ0n) is 15.7. The number of carbonyl (C=O) groups excluding carboxylic acids is 1. The molecule has 0 aliphatic carbocycles. The van der Waals surface area contributed by atoms with E-state index < -0.39 is 10.0 Å². The maximum absolute atomic E-state index is 13.3. The van der Waals surface area contributed by atoms with Crippen molar-refractivity contribution in [2.75, 3.05) is 18.0 Å². The summed E-state index contributed by atoms with van der Waals surface area (Å²) in [5, 5.41) is 0.493. The fraction of sp³-hybridized carbons (Fsp3) is 0.381. The maximum atomic E-state index is 13.3. The second kappa shape index (κ2) is 7.50. The molecular weight excluding hydrogens is 396 g/mol. The SMILES string of the molecule is C[C@@H]1Cc2ccccc2N1C(=O)[C@@H]1CCCN(S(=O)(=O)c2ccc(Cl)cc2)C1. The molecule has 2 aliphatic rings. The van der Waals surface area contributed by atoms with Gasteiger partial charge in [-0.3, -0.25) is 4.79 Å². The van der Waals surface area contributed by atoms with E-state index in [1.807, 2.05) is 30.0 Å². The molecule has 0 unspecified atom stereocenters. The van der Waals surface area contributed by atoms with Crippen molar-refractivity contribution in [2.45, 2.75) is 37.1 Å². The molecule has 4 rings (SSSR count). The number of fused-ring (bicyclic) bond motifs is 1. The standard InChI is InChI=1S/C21H23ClN2O3S/c1-15-13-16-5-2-3-7-20(16)24(15)21(25)17-6-4-12-23(14-17)28(26,27)19-10-8-18(22)9-11-19/h2-3,5,7-11,15,17H,4,6,12-14H2,1H3/t15-,17-/m1/s1. The molecule has 2 heterocycles. The highest BCUT2D eigenvalue weighted by atomic mass is 35.5. The number of carbonyl (C=O) groups is 1. The highest BCUT2D eigenvalue weighted by molar-refractivity contribution is 7.89. The highest BCUT2D eigenvalue weighted by Gasteiger charge is 2.39. The smallest absolute Gasteiger partial charge is 0.243 e. The molecule has 148 valence electrons. The number of nitrogens with zero attached hydrogens (tertiary/aromatic N) is 2. The molecule has 0 N–H and O–H groups in total. The lowest BCUT2D eigenvalue weighted by molar-refractivity contribution is -0.123. The van der Waals surface area contributed by atoms with Crippen LogP contribution >= 0.6 is 11.6 Å². The van der Waals surface area contributed by atoms with Crippen LogP contribution in [0.4, 0.5) is 5.69 Å². The first-order chi connectivity index (χ1) is 13.4. The monoisotopic (exact) mass is 418 g/mol. The largest absolute Gasteiger partial charge is 0.309 e. The first-order valence-corrected chi connectivity index (χ1v) is 11.4. The molecule has 7 heteroatoms. The molecule has 2 atom stereocenters. The van der Waals surface area contributed by atoms with Gasteiger partial charge in [-0.25, -0.2) is 8.42 Å². The highest BCUT2D eigenvalue weighted by Crippen LogP contribution is 2.35. The van der Waals surface area contributed by atoms with Gasteiger partial charge < -0.3 is 4.90 Å². The summed E-state index contributed by atoms with van der Waals surface area (Å²) >= 11 is 5.88. The molecule has 1 saturated heterocycles. The minimum Gasteiger partial charge on any atom is -0.309 e. The van der Waals surface area contributed by atoms with E-state index >= 15 is 0 Å². The topological polar surface area (TPSA) is 57.7 Å². The van der Waals surface area contributed by atoms with Gasteiger partial charge in [0, 0.05) is 29.8 Å². The molecule has 28 heavy (non-hydrogen) atoms. The molecule has 1 amide bonds. The van der Waals surface area contributed by atoms with Crippen molar-refractivity contribution in [3.8, 4) is 0 Å². The van der Waals surface area contributed by atoms with Crippen LogP contribution in [0.5, 0.6) is 0 Å². The number of piperidine rings is 1. The van der Waals surface area contributed by atoms with Gasteiger partial charge in [-0.05, 0) is 62.1 Å². The zero-order valence-corrected chi connectivity index (χ0v) is 17.3. The Bertz CT molecular complexity index is 991. The second-order valence-corrected chi connectivity index (χ2v) is 9.92. The van der Waals surface area contributed by atoms with Crippen LogP contribution in [0.1, 0.15) is 25.3 Å². The Morgan fingerprint density at radius 3 is 2.57 bits per heavy atom. The lowest BCUT2D eigenvalue weighted by atomic mass is 9.97. The molecule has 2 aromatic carbocycles. The number of sulfonamides is 1. The third kappa shape index (κ3) is 3.45.